The summed E-state index contributed by atoms with van der Waals surface area (Å²) < 4.78 is 5.73. The number of hydrogen-bond donors (Lipinski definition) is 2. The molecule has 1 fully saturated rings. The SMILES string of the molecule is N=C(N)c1ccc(OCCN2CCCCCC2)cc1. The zero-order chi connectivity index (χ0) is 13.5. The van der Waals surface area contributed by atoms with Gasteiger partial charge < -0.3 is 10.5 Å². The van der Waals surface area contributed by atoms with Crippen LogP contribution in [0.5, 0.6) is 5.75 Å². The van der Waals surface area contributed by atoms with Gasteiger partial charge in [-0.1, -0.05) is 12.8 Å². The molecule has 1 heterocycles. The van der Waals surface area contributed by atoms with Gasteiger partial charge in [0.05, 0.1) is 0 Å². The predicted molar refractivity (Wildman–Crippen MR) is 77.9 cm³/mol. The number of nitrogen functional groups attached to an aromatic ring is 1. The Morgan fingerprint density at radius 3 is 2.32 bits per heavy atom. The van der Waals surface area contributed by atoms with E-state index in [1.165, 1.54) is 38.8 Å². The van der Waals surface area contributed by atoms with Crippen LogP contribution in [0.15, 0.2) is 24.3 Å². The Hall–Kier alpha value is -1.55. The van der Waals surface area contributed by atoms with Gasteiger partial charge in [0.15, 0.2) is 0 Å². The number of amidine groups is 1. The van der Waals surface area contributed by atoms with Gasteiger partial charge in [0, 0.05) is 12.1 Å². The van der Waals surface area contributed by atoms with Gasteiger partial charge in [-0.05, 0) is 50.2 Å². The monoisotopic (exact) mass is 261 g/mol. The van der Waals surface area contributed by atoms with Gasteiger partial charge in [0.2, 0.25) is 0 Å². The van der Waals surface area contributed by atoms with E-state index < -0.39 is 0 Å². The van der Waals surface area contributed by atoms with Crippen LogP contribution < -0.4 is 10.5 Å². The van der Waals surface area contributed by atoms with Crippen molar-refractivity contribution >= 4 is 5.84 Å². The van der Waals surface area contributed by atoms with E-state index in [4.69, 9.17) is 15.9 Å². The largest absolute Gasteiger partial charge is 0.492 e. The van der Waals surface area contributed by atoms with Gasteiger partial charge >= 0.3 is 0 Å². The Morgan fingerprint density at radius 2 is 1.74 bits per heavy atom. The van der Waals surface area contributed by atoms with Crippen LogP contribution in [0, 0.1) is 5.41 Å². The molecule has 1 saturated heterocycles. The van der Waals surface area contributed by atoms with Crippen LogP contribution in [0.25, 0.3) is 0 Å². The molecule has 0 amide bonds. The summed E-state index contributed by atoms with van der Waals surface area (Å²) >= 11 is 0. The number of nitrogens with two attached hydrogens (primary N) is 1. The molecule has 0 aliphatic carbocycles. The fourth-order valence-corrected chi connectivity index (χ4v) is 2.38. The molecule has 0 aromatic heterocycles. The van der Waals surface area contributed by atoms with Gasteiger partial charge in [-0.3, -0.25) is 10.3 Å². The molecule has 2 rings (SSSR count). The summed E-state index contributed by atoms with van der Waals surface area (Å²) in [5.74, 6) is 0.941. The van der Waals surface area contributed by atoms with Gasteiger partial charge in [0.25, 0.3) is 0 Å². The van der Waals surface area contributed by atoms with Gasteiger partial charge in [-0.25, -0.2) is 0 Å². The second kappa shape index (κ2) is 7.14. The van der Waals surface area contributed by atoms with E-state index in [9.17, 15) is 0 Å². The second-order valence-corrected chi connectivity index (χ2v) is 5.04. The molecule has 3 N–H and O–H groups in total. The number of hydrogen-bond acceptors (Lipinski definition) is 3. The predicted octanol–water partition coefficient (Wildman–Crippen LogP) is 2.23. The molecule has 0 saturated carbocycles. The van der Waals surface area contributed by atoms with Gasteiger partial charge in [-0.2, -0.15) is 0 Å². The van der Waals surface area contributed by atoms with Crippen LogP contribution in [-0.4, -0.2) is 37.0 Å². The van der Waals surface area contributed by atoms with E-state index in [2.05, 4.69) is 4.90 Å². The molecule has 1 aliphatic heterocycles. The highest BCUT2D eigenvalue weighted by Gasteiger charge is 2.08. The lowest BCUT2D eigenvalue weighted by atomic mass is 10.2. The summed E-state index contributed by atoms with van der Waals surface area (Å²) in [4.78, 5) is 2.48. The zero-order valence-electron chi connectivity index (χ0n) is 11.4. The maximum atomic E-state index is 7.33. The smallest absolute Gasteiger partial charge is 0.122 e. The number of likely N-dealkylation sites (tertiary alicyclic amines) is 1. The summed E-state index contributed by atoms with van der Waals surface area (Å²) in [5, 5.41) is 7.33. The molecule has 0 unspecified atom stereocenters. The third-order valence-corrected chi connectivity index (χ3v) is 3.54. The minimum Gasteiger partial charge on any atom is -0.492 e. The van der Waals surface area contributed by atoms with Gasteiger partial charge in [0.1, 0.15) is 18.2 Å². The molecule has 0 spiro atoms. The summed E-state index contributed by atoms with van der Waals surface area (Å²) in [6, 6.07) is 7.39. The average molecular weight is 261 g/mol. The van der Waals surface area contributed by atoms with Crippen molar-refractivity contribution in [3.8, 4) is 5.75 Å². The Labute approximate surface area is 115 Å². The summed E-state index contributed by atoms with van der Waals surface area (Å²) in [5.41, 5.74) is 6.15. The normalized spacial score (nSPS) is 16.8. The van der Waals surface area contributed by atoms with E-state index >= 15 is 0 Å². The van der Waals surface area contributed by atoms with Crippen molar-refractivity contribution in [3.63, 3.8) is 0 Å². The molecule has 0 atom stereocenters. The molecule has 4 nitrogen and oxygen atoms in total. The van der Waals surface area contributed by atoms with Crippen LogP contribution >= 0.6 is 0 Å². The fourth-order valence-electron chi connectivity index (χ4n) is 2.38. The number of nitrogens with one attached hydrogen (secondary N) is 1. The van der Waals surface area contributed by atoms with Crippen molar-refractivity contribution in [1.82, 2.24) is 4.90 Å². The molecular weight excluding hydrogens is 238 g/mol. The Morgan fingerprint density at radius 1 is 1.11 bits per heavy atom. The average Bonchev–Trinajstić information content (AvgIpc) is 2.68. The van der Waals surface area contributed by atoms with E-state index in [0.29, 0.717) is 0 Å². The first kappa shape index (κ1) is 13.9. The van der Waals surface area contributed by atoms with Crippen molar-refractivity contribution in [2.45, 2.75) is 25.7 Å². The lowest BCUT2D eigenvalue weighted by Crippen LogP contribution is -2.29. The van der Waals surface area contributed by atoms with Crippen molar-refractivity contribution in [3.05, 3.63) is 29.8 Å². The van der Waals surface area contributed by atoms with E-state index in [-0.39, 0.29) is 5.84 Å². The first-order valence-electron chi connectivity index (χ1n) is 7.05. The number of ether oxygens (including phenoxy) is 1. The highest BCUT2D eigenvalue weighted by atomic mass is 16.5. The second-order valence-electron chi connectivity index (χ2n) is 5.04. The summed E-state index contributed by atoms with van der Waals surface area (Å²) in [7, 11) is 0. The molecule has 1 aliphatic rings. The third-order valence-electron chi connectivity index (χ3n) is 3.54. The topological polar surface area (TPSA) is 62.3 Å². The van der Waals surface area contributed by atoms with Crippen molar-refractivity contribution in [2.24, 2.45) is 5.73 Å². The number of benzene rings is 1. The lowest BCUT2D eigenvalue weighted by molar-refractivity contribution is 0.214. The fraction of sp³-hybridized carbons (Fsp3) is 0.533. The maximum absolute atomic E-state index is 7.33. The van der Waals surface area contributed by atoms with Crippen molar-refractivity contribution in [1.29, 1.82) is 5.41 Å². The quantitative estimate of drug-likeness (QED) is 0.631. The first-order valence-corrected chi connectivity index (χ1v) is 7.05. The molecule has 4 heteroatoms. The first-order chi connectivity index (χ1) is 9.25. The Balaban J connectivity index is 1.74. The molecule has 1 aromatic carbocycles. The minimum atomic E-state index is 0.0936. The van der Waals surface area contributed by atoms with E-state index in [1.807, 2.05) is 24.3 Å². The van der Waals surface area contributed by atoms with Crippen LogP contribution in [0.4, 0.5) is 0 Å². The maximum Gasteiger partial charge on any atom is 0.122 e. The Kier molecular flexibility index (Phi) is 5.21. The lowest BCUT2D eigenvalue weighted by Gasteiger charge is -2.19. The van der Waals surface area contributed by atoms with Crippen molar-refractivity contribution in [2.75, 3.05) is 26.2 Å². The van der Waals surface area contributed by atoms with E-state index in [1.54, 1.807) is 0 Å². The highest BCUT2D eigenvalue weighted by molar-refractivity contribution is 5.94. The molecule has 19 heavy (non-hydrogen) atoms. The Bertz CT molecular complexity index is 394. The van der Waals surface area contributed by atoms with Crippen LogP contribution in [0.2, 0.25) is 0 Å². The number of rotatable bonds is 5. The molecular formula is C15H23N3O. The van der Waals surface area contributed by atoms with Crippen LogP contribution in [0.3, 0.4) is 0 Å². The molecule has 0 bridgehead atoms. The molecule has 104 valence electrons. The summed E-state index contributed by atoms with van der Waals surface area (Å²) in [6.45, 7) is 4.12. The molecule has 0 radical (unpaired) electrons. The standard InChI is InChI=1S/C15H23N3O/c16-15(17)13-5-7-14(8-6-13)19-12-11-18-9-3-1-2-4-10-18/h5-8H,1-4,9-12H2,(H3,16,17). The van der Waals surface area contributed by atoms with Crippen LogP contribution in [0.1, 0.15) is 31.2 Å². The minimum absolute atomic E-state index is 0.0936. The number of nitrogens with zero attached hydrogens (tertiary/aromatic N) is 1. The summed E-state index contributed by atoms with van der Waals surface area (Å²) in [6.07, 6.45) is 5.36. The van der Waals surface area contributed by atoms with Gasteiger partial charge in [-0.15, -0.1) is 0 Å². The highest BCUT2D eigenvalue weighted by Crippen LogP contribution is 2.13. The zero-order valence-corrected chi connectivity index (χ0v) is 11.4. The van der Waals surface area contributed by atoms with Crippen molar-refractivity contribution < 1.29 is 4.74 Å². The van der Waals surface area contributed by atoms with E-state index in [0.717, 1.165) is 24.5 Å². The third kappa shape index (κ3) is 4.56. The molecule has 1 aromatic rings. The van der Waals surface area contributed by atoms with Crippen LogP contribution in [-0.2, 0) is 0 Å².